The third-order valence-corrected chi connectivity index (χ3v) is 2.37. The number of rotatable bonds is 1. The highest BCUT2D eigenvalue weighted by atomic mass is 16.5. The van der Waals surface area contributed by atoms with E-state index in [0.29, 0.717) is 5.76 Å². The average molecular weight is 194 g/mol. The summed E-state index contributed by atoms with van der Waals surface area (Å²) in [5, 5.41) is 0. The van der Waals surface area contributed by atoms with Crippen LogP contribution in [0.15, 0.2) is 15.3 Å². The molecular formula is C10H10O4. The summed E-state index contributed by atoms with van der Waals surface area (Å²) >= 11 is 0. The highest BCUT2D eigenvalue weighted by Crippen LogP contribution is 2.20. The monoisotopic (exact) mass is 194 g/mol. The van der Waals surface area contributed by atoms with Crippen molar-refractivity contribution in [2.75, 3.05) is 7.11 Å². The lowest BCUT2D eigenvalue weighted by atomic mass is 10.2. The molecule has 0 unspecified atom stereocenters. The first-order valence-electron chi connectivity index (χ1n) is 4.46. The summed E-state index contributed by atoms with van der Waals surface area (Å²) in [5.41, 5.74) is 0.343. The fraction of sp³-hybridized carbons (Fsp3) is 0.400. The highest BCUT2D eigenvalue weighted by molar-refractivity contribution is 5.88. The summed E-state index contributed by atoms with van der Waals surface area (Å²) < 4.78 is 9.50. The Hall–Kier alpha value is -1.58. The van der Waals surface area contributed by atoms with Gasteiger partial charge in [0.2, 0.25) is 0 Å². The number of hydrogen-bond donors (Lipinski definition) is 0. The van der Waals surface area contributed by atoms with Crippen LogP contribution < -0.4 is 5.63 Å². The van der Waals surface area contributed by atoms with E-state index < -0.39 is 11.6 Å². The molecule has 1 aromatic heterocycles. The SMILES string of the molecule is COC(=O)c1cc2c(oc1=O)CCC2. The number of esters is 1. The molecule has 0 spiro atoms. The molecule has 0 atom stereocenters. The quantitative estimate of drug-likeness (QED) is 0.623. The molecule has 2 rings (SSSR count). The predicted octanol–water partition coefficient (Wildman–Crippen LogP) is 0.915. The number of ether oxygens (including phenoxy) is 1. The molecule has 0 bridgehead atoms. The fourth-order valence-electron chi connectivity index (χ4n) is 1.66. The Bertz CT molecular complexity index is 430. The molecule has 1 aliphatic carbocycles. The molecule has 74 valence electrons. The Kier molecular flexibility index (Phi) is 2.11. The van der Waals surface area contributed by atoms with Gasteiger partial charge in [0.05, 0.1) is 7.11 Å². The lowest BCUT2D eigenvalue weighted by Crippen LogP contribution is -2.16. The van der Waals surface area contributed by atoms with Gasteiger partial charge in [-0.25, -0.2) is 9.59 Å². The van der Waals surface area contributed by atoms with Gasteiger partial charge in [-0.2, -0.15) is 0 Å². The average Bonchev–Trinajstić information content (AvgIpc) is 2.62. The summed E-state index contributed by atoms with van der Waals surface area (Å²) in [7, 11) is 1.25. The summed E-state index contributed by atoms with van der Waals surface area (Å²) in [6, 6.07) is 1.58. The van der Waals surface area contributed by atoms with Crippen molar-refractivity contribution in [1.82, 2.24) is 0 Å². The maximum Gasteiger partial charge on any atom is 0.350 e. The van der Waals surface area contributed by atoms with Crippen LogP contribution in [-0.2, 0) is 17.6 Å². The van der Waals surface area contributed by atoms with Crippen LogP contribution >= 0.6 is 0 Å². The molecule has 0 saturated heterocycles. The van der Waals surface area contributed by atoms with Crippen LogP contribution in [0, 0.1) is 0 Å². The molecule has 4 heteroatoms. The van der Waals surface area contributed by atoms with Crippen LogP contribution in [0.1, 0.15) is 28.1 Å². The number of carbonyl (C=O) groups is 1. The lowest BCUT2D eigenvalue weighted by Gasteiger charge is -2.00. The van der Waals surface area contributed by atoms with E-state index in [0.717, 1.165) is 24.8 Å². The summed E-state index contributed by atoms with van der Waals surface area (Å²) in [4.78, 5) is 22.5. The minimum atomic E-state index is -0.631. The van der Waals surface area contributed by atoms with Crippen LogP contribution in [0.3, 0.4) is 0 Å². The number of carbonyl (C=O) groups excluding carboxylic acids is 1. The molecule has 1 aliphatic rings. The Labute approximate surface area is 80.5 Å². The second kappa shape index (κ2) is 3.29. The molecule has 0 radical (unpaired) electrons. The zero-order valence-electron chi connectivity index (χ0n) is 7.83. The number of hydrogen-bond acceptors (Lipinski definition) is 4. The van der Waals surface area contributed by atoms with Crippen molar-refractivity contribution >= 4 is 5.97 Å². The van der Waals surface area contributed by atoms with Gasteiger partial charge in [0.1, 0.15) is 11.3 Å². The van der Waals surface area contributed by atoms with E-state index >= 15 is 0 Å². The Morgan fingerprint density at radius 2 is 2.29 bits per heavy atom. The molecule has 0 amide bonds. The Morgan fingerprint density at radius 3 is 3.00 bits per heavy atom. The highest BCUT2D eigenvalue weighted by Gasteiger charge is 2.20. The molecule has 0 aliphatic heterocycles. The van der Waals surface area contributed by atoms with E-state index in [1.165, 1.54) is 7.11 Å². The van der Waals surface area contributed by atoms with E-state index in [4.69, 9.17) is 4.42 Å². The zero-order valence-corrected chi connectivity index (χ0v) is 7.83. The number of aryl methyl sites for hydroxylation is 2. The van der Waals surface area contributed by atoms with Gasteiger partial charge in [0.15, 0.2) is 0 Å². The number of fused-ring (bicyclic) bond motifs is 1. The van der Waals surface area contributed by atoms with Crippen molar-refractivity contribution in [3.63, 3.8) is 0 Å². The molecule has 14 heavy (non-hydrogen) atoms. The predicted molar refractivity (Wildman–Crippen MR) is 48.3 cm³/mol. The lowest BCUT2D eigenvalue weighted by molar-refractivity contribution is 0.0595. The maximum absolute atomic E-state index is 11.3. The molecule has 1 aromatic rings. The molecule has 0 N–H and O–H groups in total. The Morgan fingerprint density at radius 1 is 1.50 bits per heavy atom. The van der Waals surface area contributed by atoms with Gasteiger partial charge in [0, 0.05) is 6.42 Å². The van der Waals surface area contributed by atoms with E-state index in [-0.39, 0.29) is 5.56 Å². The molecule has 0 aromatic carbocycles. The molecule has 0 saturated carbocycles. The van der Waals surface area contributed by atoms with Crippen LogP contribution in [0.4, 0.5) is 0 Å². The number of methoxy groups -OCH3 is 1. The van der Waals surface area contributed by atoms with Crippen molar-refractivity contribution in [3.8, 4) is 0 Å². The second-order valence-corrected chi connectivity index (χ2v) is 3.24. The van der Waals surface area contributed by atoms with Crippen LogP contribution in [0.5, 0.6) is 0 Å². The second-order valence-electron chi connectivity index (χ2n) is 3.24. The molecular weight excluding hydrogens is 184 g/mol. The summed E-state index contributed by atoms with van der Waals surface area (Å²) in [5.74, 6) is 0.0797. The normalized spacial score (nSPS) is 13.8. The zero-order chi connectivity index (χ0) is 10.1. The summed E-state index contributed by atoms with van der Waals surface area (Å²) in [6.07, 6.45) is 2.62. The first-order chi connectivity index (χ1) is 6.72. The van der Waals surface area contributed by atoms with Gasteiger partial charge in [-0.3, -0.25) is 0 Å². The summed E-state index contributed by atoms with van der Waals surface area (Å²) in [6.45, 7) is 0. The van der Waals surface area contributed by atoms with Crippen molar-refractivity contribution in [1.29, 1.82) is 0 Å². The van der Waals surface area contributed by atoms with Gasteiger partial charge in [-0.05, 0) is 24.5 Å². The first-order valence-corrected chi connectivity index (χ1v) is 4.46. The minimum absolute atomic E-state index is 0.00634. The van der Waals surface area contributed by atoms with E-state index in [1.54, 1.807) is 6.07 Å². The van der Waals surface area contributed by atoms with Gasteiger partial charge in [-0.15, -0.1) is 0 Å². The molecule has 4 nitrogen and oxygen atoms in total. The van der Waals surface area contributed by atoms with Crippen LogP contribution in [0.25, 0.3) is 0 Å². The van der Waals surface area contributed by atoms with Crippen molar-refractivity contribution < 1.29 is 13.9 Å². The van der Waals surface area contributed by atoms with Gasteiger partial charge in [0.25, 0.3) is 0 Å². The molecule has 0 fully saturated rings. The first kappa shape index (κ1) is 8.99. The third-order valence-electron chi connectivity index (χ3n) is 2.37. The topological polar surface area (TPSA) is 56.5 Å². The van der Waals surface area contributed by atoms with E-state index in [2.05, 4.69) is 4.74 Å². The smallest absolute Gasteiger partial charge is 0.350 e. The van der Waals surface area contributed by atoms with Gasteiger partial charge < -0.3 is 9.15 Å². The van der Waals surface area contributed by atoms with Crippen molar-refractivity contribution in [3.05, 3.63) is 33.4 Å². The van der Waals surface area contributed by atoms with Gasteiger partial charge in [-0.1, -0.05) is 0 Å². The standard InChI is InChI=1S/C10H10O4/c1-13-9(11)7-5-6-3-2-4-8(6)14-10(7)12/h5H,2-4H2,1H3. The van der Waals surface area contributed by atoms with Crippen LogP contribution in [-0.4, -0.2) is 13.1 Å². The largest absolute Gasteiger partial charge is 0.465 e. The van der Waals surface area contributed by atoms with E-state index in [1.807, 2.05) is 0 Å². The van der Waals surface area contributed by atoms with E-state index in [9.17, 15) is 9.59 Å². The third kappa shape index (κ3) is 1.32. The van der Waals surface area contributed by atoms with Crippen LogP contribution in [0.2, 0.25) is 0 Å². The van der Waals surface area contributed by atoms with Crippen molar-refractivity contribution in [2.45, 2.75) is 19.3 Å². The maximum atomic E-state index is 11.3. The fourth-order valence-corrected chi connectivity index (χ4v) is 1.66. The van der Waals surface area contributed by atoms with Gasteiger partial charge >= 0.3 is 11.6 Å². The van der Waals surface area contributed by atoms with Crippen molar-refractivity contribution in [2.24, 2.45) is 0 Å². The Balaban J connectivity index is 2.53. The minimum Gasteiger partial charge on any atom is -0.465 e. The molecule has 1 heterocycles.